The summed E-state index contributed by atoms with van der Waals surface area (Å²) in [6.07, 6.45) is 0.961. The Bertz CT molecular complexity index is 655. The van der Waals surface area contributed by atoms with Gasteiger partial charge in [0.2, 0.25) is 0 Å². The predicted molar refractivity (Wildman–Crippen MR) is 48.8 cm³/mol. The minimum absolute atomic E-state index is 0.0805. The number of nitrogens with one attached hydrogen (secondary N) is 1. The van der Waals surface area contributed by atoms with Gasteiger partial charge in [0.05, 0.1) is 5.10 Å². The lowest BCUT2D eigenvalue weighted by atomic mass is 10.4. The Balaban J connectivity index is 2.84. The highest BCUT2D eigenvalue weighted by molar-refractivity contribution is 5.96. The van der Waals surface area contributed by atoms with Crippen molar-refractivity contribution >= 4 is 17.4 Å². The lowest BCUT2D eigenvalue weighted by molar-refractivity contribution is -0.391. The van der Waals surface area contributed by atoms with Crippen LogP contribution in [0.2, 0.25) is 0 Å². The largest absolute Gasteiger partial charge is 0.454 e. The Morgan fingerprint density at radius 1 is 1.62 bits per heavy atom. The molecule has 0 bridgehead atoms. The van der Waals surface area contributed by atoms with E-state index in [1.165, 1.54) is 0 Å². The number of nitrogens with two attached hydrogens (primary N) is 1. The topological polar surface area (TPSA) is 149 Å². The van der Waals surface area contributed by atoms with Gasteiger partial charge in [-0.25, -0.2) is 9.38 Å². The van der Waals surface area contributed by atoms with Gasteiger partial charge in [-0.15, -0.1) is 0 Å². The maximum absolute atomic E-state index is 11.5. The van der Waals surface area contributed by atoms with Crippen molar-refractivity contribution in [2.24, 2.45) is 5.73 Å². The molecule has 2 heterocycles. The number of hydrogen-bond donors (Lipinski definition) is 2. The van der Waals surface area contributed by atoms with Gasteiger partial charge in [-0.2, -0.15) is 5.10 Å². The van der Waals surface area contributed by atoms with Gasteiger partial charge in [-0.3, -0.25) is 9.59 Å². The molecule has 2 aromatic rings. The Morgan fingerprint density at radius 2 is 2.31 bits per heavy atom. The van der Waals surface area contributed by atoms with Crippen LogP contribution < -0.4 is 11.3 Å². The minimum atomic E-state index is -0.987. The van der Waals surface area contributed by atoms with Crippen LogP contribution in [0.1, 0.15) is 10.5 Å². The predicted octanol–water partition coefficient (Wildman–Crippen LogP) is -1.58. The van der Waals surface area contributed by atoms with Gasteiger partial charge >= 0.3 is 11.4 Å². The lowest BCUT2D eigenvalue weighted by Gasteiger charge is -1.92. The second-order valence-corrected chi connectivity index (χ2v) is 2.79. The van der Waals surface area contributed by atoms with Gasteiger partial charge in [-0.1, -0.05) is 0 Å². The number of H-pyrrole nitrogens is 1. The number of nitrogens with zero attached hydrogens (tertiary/aromatic N) is 4. The minimum Gasteiger partial charge on any atom is -0.364 e. The number of hydrogen-bond acceptors (Lipinski definition) is 6. The summed E-state index contributed by atoms with van der Waals surface area (Å²) in [5, 5.41) is 15.8. The van der Waals surface area contributed by atoms with E-state index in [1.807, 2.05) is 0 Å². The molecule has 0 fully saturated rings. The SMILES string of the molecule is NC(=O)c1ncn2c(=O)c([N+](=O)[O-])n[nH]c12. The Kier molecular flexibility index (Phi) is 1.90. The number of aromatic amines is 1. The van der Waals surface area contributed by atoms with Crippen molar-refractivity contribution < 1.29 is 9.72 Å². The zero-order valence-electron chi connectivity index (χ0n) is 7.58. The smallest absolute Gasteiger partial charge is 0.364 e. The summed E-state index contributed by atoms with van der Waals surface area (Å²) in [7, 11) is 0. The number of aromatic nitrogens is 4. The average molecular weight is 224 g/mol. The van der Waals surface area contributed by atoms with Gasteiger partial charge in [0.1, 0.15) is 6.33 Å². The molecule has 2 rings (SSSR count). The number of rotatable bonds is 2. The fourth-order valence-corrected chi connectivity index (χ4v) is 1.17. The molecular weight excluding hydrogens is 220 g/mol. The van der Waals surface area contributed by atoms with E-state index < -0.39 is 22.2 Å². The molecule has 0 saturated carbocycles. The molecule has 0 spiro atoms. The van der Waals surface area contributed by atoms with Crippen LogP contribution in [-0.4, -0.2) is 30.4 Å². The maximum Gasteiger partial charge on any atom is 0.454 e. The van der Waals surface area contributed by atoms with Crippen LogP contribution in [0.15, 0.2) is 11.1 Å². The van der Waals surface area contributed by atoms with Gasteiger partial charge in [0, 0.05) is 0 Å². The highest BCUT2D eigenvalue weighted by Crippen LogP contribution is 2.04. The number of fused-ring (bicyclic) bond motifs is 1. The standard InChI is InChI=1S/C6H4N6O4/c7-3(13)2-4-9-10-5(12(15)16)6(14)11(4)1-8-2/h1,9H,(H2,7,13). The molecule has 0 saturated heterocycles. The summed E-state index contributed by atoms with van der Waals surface area (Å²) in [6.45, 7) is 0. The fourth-order valence-electron chi connectivity index (χ4n) is 1.17. The van der Waals surface area contributed by atoms with Crippen molar-refractivity contribution in [2.75, 3.05) is 0 Å². The molecule has 10 heteroatoms. The van der Waals surface area contributed by atoms with Gasteiger partial charge in [-0.05, 0) is 4.92 Å². The summed E-state index contributed by atoms with van der Waals surface area (Å²) in [4.78, 5) is 35.3. The quantitative estimate of drug-likeness (QED) is 0.464. The molecule has 0 atom stereocenters. The number of imidazole rings is 1. The van der Waals surface area contributed by atoms with Crippen LogP contribution in [0.3, 0.4) is 0 Å². The van der Waals surface area contributed by atoms with Crippen LogP contribution in [-0.2, 0) is 0 Å². The lowest BCUT2D eigenvalue weighted by Crippen LogP contribution is -2.20. The molecule has 0 aliphatic rings. The molecule has 82 valence electrons. The van der Waals surface area contributed by atoms with E-state index in [-0.39, 0.29) is 11.3 Å². The first kappa shape index (κ1) is 9.76. The average Bonchev–Trinajstić information content (AvgIpc) is 2.61. The Labute approximate surface area is 85.9 Å². The van der Waals surface area contributed by atoms with Crippen molar-refractivity contribution in [3.63, 3.8) is 0 Å². The first-order valence-corrected chi connectivity index (χ1v) is 3.92. The molecular formula is C6H4N6O4. The van der Waals surface area contributed by atoms with Gasteiger partial charge in [0.15, 0.2) is 11.3 Å². The normalized spacial score (nSPS) is 10.5. The highest BCUT2D eigenvalue weighted by atomic mass is 16.6. The molecule has 0 aromatic carbocycles. The summed E-state index contributed by atoms with van der Waals surface area (Å²) >= 11 is 0. The van der Waals surface area contributed by atoms with Crippen LogP contribution in [0.25, 0.3) is 5.65 Å². The second kappa shape index (κ2) is 3.12. The molecule has 0 aliphatic heterocycles. The first-order chi connectivity index (χ1) is 7.52. The second-order valence-electron chi connectivity index (χ2n) is 2.79. The molecule has 0 radical (unpaired) electrons. The van der Waals surface area contributed by atoms with Crippen LogP contribution >= 0.6 is 0 Å². The van der Waals surface area contributed by atoms with E-state index >= 15 is 0 Å². The van der Waals surface area contributed by atoms with Crippen molar-refractivity contribution in [3.8, 4) is 0 Å². The zero-order valence-corrected chi connectivity index (χ0v) is 7.58. The fraction of sp³-hybridized carbons (Fsp3) is 0. The zero-order chi connectivity index (χ0) is 11.9. The highest BCUT2D eigenvalue weighted by Gasteiger charge is 2.21. The number of primary amides is 1. The van der Waals surface area contributed by atoms with Crippen molar-refractivity contribution in [2.45, 2.75) is 0 Å². The maximum atomic E-state index is 11.5. The van der Waals surface area contributed by atoms with Crippen molar-refractivity contribution in [3.05, 3.63) is 32.5 Å². The van der Waals surface area contributed by atoms with Crippen molar-refractivity contribution in [1.82, 2.24) is 19.6 Å². The Morgan fingerprint density at radius 3 is 2.88 bits per heavy atom. The molecule has 16 heavy (non-hydrogen) atoms. The van der Waals surface area contributed by atoms with Crippen LogP contribution in [0, 0.1) is 10.1 Å². The molecule has 0 unspecified atom stereocenters. The Hall–Kier alpha value is -2.78. The van der Waals surface area contributed by atoms with Crippen molar-refractivity contribution in [1.29, 1.82) is 0 Å². The number of nitro groups is 1. The van der Waals surface area contributed by atoms with Crippen LogP contribution in [0.4, 0.5) is 5.82 Å². The number of carbonyl (C=O) groups excluding carboxylic acids is 1. The first-order valence-electron chi connectivity index (χ1n) is 3.92. The van der Waals surface area contributed by atoms with E-state index in [9.17, 15) is 19.7 Å². The molecule has 1 amide bonds. The molecule has 2 aromatic heterocycles. The van der Waals surface area contributed by atoms with E-state index in [0.29, 0.717) is 0 Å². The van der Waals surface area contributed by atoms with E-state index in [0.717, 1.165) is 10.7 Å². The molecule has 0 aliphatic carbocycles. The number of amides is 1. The third-order valence-electron chi connectivity index (χ3n) is 1.85. The third kappa shape index (κ3) is 1.20. The summed E-state index contributed by atoms with van der Waals surface area (Å²) in [5.41, 5.74) is 3.70. The van der Waals surface area contributed by atoms with Crippen LogP contribution in [0.5, 0.6) is 0 Å². The molecule has 3 N–H and O–H groups in total. The third-order valence-corrected chi connectivity index (χ3v) is 1.85. The molecule has 10 nitrogen and oxygen atoms in total. The van der Waals surface area contributed by atoms with E-state index in [1.54, 1.807) is 0 Å². The van der Waals surface area contributed by atoms with E-state index in [4.69, 9.17) is 5.73 Å². The van der Waals surface area contributed by atoms with Gasteiger partial charge in [0.25, 0.3) is 5.91 Å². The number of carbonyl (C=O) groups is 1. The summed E-state index contributed by atoms with van der Waals surface area (Å²) in [5.74, 6) is -1.75. The summed E-state index contributed by atoms with van der Waals surface area (Å²) < 4.78 is 0.797. The summed E-state index contributed by atoms with van der Waals surface area (Å²) in [6, 6.07) is 0. The monoisotopic (exact) mass is 224 g/mol. The van der Waals surface area contributed by atoms with E-state index in [2.05, 4.69) is 15.2 Å². The van der Waals surface area contributed by atoms with Gasteiger partial charge < -0.3 is 15.8 Å².